The Morgan fingerprint density at radius 2 is 2.29 bits per heavy atom. The number of H-pyrrole nitrogens is 1. The first-order valence-electron chi connectivity index (χ1n) is 7.39. The molecule has 2 aromatic heterocycles. The molecule has 3 rings (SSSR count). The molecule has 0 amide bonds. The Kier molecular flexibility index (Phi) is 3.63. The number of nitrogens with zero attached hydrogens (tertiary/aromatic N) is 4. The van der Waals surface area contributed by atoms with Gasteiger partial charge in [0, 0.05) is 31.2 Å². The van der Waals surface area contributed by atoms with Gasteiger partial charge in [0.05, 0.1) is 12.1 Å². The lowest BCUT2D eigenvalue weighted by Crippen LogP contribution is -2.40. The van der Waals surface area contributed by atoms with Crippen LogP contribution in [0.1, 0.15) is 37.1 Å². The molecule has 6 heteroatoms. The number of aromatic amines is 1. The number of anilines is 1. The molecule has 1 aliphatic rings. The molecule has 2 N–H and O–H groups in total. The number of aromatic nitrogens is 4. The van der Waals surface area contributed by atoms with E-state index in [0.29, 0.717) is 0 Å². The average Bonchev–Trinajstić information content (AvgIpc) is 3.10. The van der Waals surface area contributed by atoms with Crippen LogP contribution in [0.4, 0.5) is 5.82 Å². The fourth-order valence-electron chi connectivity index (χ4n) is 3.03. The minimum atomic E-state index is -0.135. The van der Waals surface area contributed by atoms with Crippen molar-refractivity contribution in [1.82, 2.24) is 24.8 Å². The van der Waals surface area contributed by atoms with E-state index in [0.717, 1.165) is 49.1 Å². The molecule has 0 aliphatic carbocycles. The SMILES string of the molecule is CNc1cc(C)nc([C@@]2(C)CCCN2Cc2ncc[nH]2)n1. The lowest BCUT2D eigenvalue weighted by atomic mass is 9.97. The van der Waals surface area contributed by atoms with Crippen molar-refractivity contribution >= 4 is 5.82 Å². The summed E-state index contributed by atoms with van der Waals surface area (Å²) in [6.07, 6.45) is 5.89. The van der Waals surface area contributed by atoms with Crippen LogP contribution in [0.15, 0.2) is 18.5 Å². The highest BCUT2D eigenvalue weighted by atomic mass is 15.3. The first kappa shape index (κ1) is 14.0. The third kappa shape index (κ3) is 2.63. The number of hydrogen-bond acceptors (Lipinski definition) is 5. The molecular weight excluding hydrogens is 264 g/mol. The molecule has 0 radical (unpaired) electrons. The van der Waals surface area contributed by atoms with Crippen LogP contribution in [-0.4, -0.2) is 38.4 Å². The van der Waals surface area contributed by atoms with Gasteiger partial charge in [-0.3, -0.25) is 4.90 Å². The molecule has 1 atom stereocenters. The van der Waals surface area contributed by atoms with Gasteiger partial charge in [0.15, 0.2) is 5.82 Å². The van der Waals surface area contributed by atoms with Crippen molar-refractivity contribution in [2.75, 3.05) is 18.9 Å². The van der Waals surface area contributed by atoms with Gasteiger partial charge >= 0.3 is 0 Å². The summed E-state index contributed by atoms with van der Waals surface area (Å²) in [5.41, 5.74) is 0.861. The van der Waals surface area contributed by atoms with Gasteiger partial charge in [-0.05, 0) is 33.2 Å². The number of hydrogen-bond donors (Lipinski definition) is 2. The van der Waals surface area contributed by atoms with E-state index in [2.05, 4.69) is 27.1 Å². The molecule has 0 spiro atoms. The van der Waals surface area contributed by atoms with Crippen molar-refractivity contribution in [1.29, 1.82) is 0 Å². The van der Waals surface area contributed by atoms with Crippen LogP contribution in [0, 0.1) is 6.92 Å². The molecule has 0 saturated carbocycles. The molecule has 21 heavy (non-hydrogen) atoms. The predicted octanol–water partition coefficient (Wildman–Crippen LogP) is 2.06. The summed E-state index contributed by atoms with van der Waals surface area (Å²) in [6, 6.07) is 1.97. The number of rotatable bonds is 4. The highest BCUT2D eigenvalue weighted by molar-refractivity contribution is 5.36. The van der Waals surface area contributed by atoms with Crippen molar-refractivity contribution < 1.29 is 0 Å². The van der Waals surface area contributed by atoms with E-state index in [1.54, 1.807) is 6.20 Å². The monoisotopic (exact) mass is 286 g/mol. The van der Waals surface area contributed by atoms with E-state index in [-0.39, 0.29) is 5.54 Å². The third-order valence-electron chi connectivity index (χ3n) is 4.28. The predicted molar refractivity (Wildman–Crippen MR) is 81.9 cm³/mol. The second-order valence-electron chi connectivity index (χ2n) is 5.80. The van der Waals surface area contributed by atoms with E-state index in [4.69, 9.17) is 9.97 Å². The Bertz CT molecular complexity index is 609. The molecule has 0 unspecified atom stereocenters. The molecule has 1 fully saturated rings. The van der Waals surface area contributed by atoms with Crippen LogP contribution in [0.25, 0.3) is 0 Å². The molecule has 1 aliphatic heterocycles. The van der Waals surface area contributed by atoms with Crippen LogP contribution in [-0.2, 0) is 12.1 Å². The second kappa shape index (κ2) is 5.44. The van der Waals surface area contributed by atoms with Crippen molar-refractivity contribution in [3.8, 4) is 0 Å². The number of imidazole rings is 1. The van der Waals surface area contributed by atoms with Gasteiger partial charge in [0.2, 0.25) is 0 Å². The van der Waals surface area contributed by atoms with Crippen molar-refractivity contribution in [3.05, 3.63) is 35.8 Å². The van der Waals surface area contributed by atoms with Gasteiger partial charge in [-0.15, -0.1) is 0 Å². The standard InChI is InChI=1S/C15H22N6/c1-11-9-12(16-3)20-14(19-11)15(2)5-4-8-21(15)10-13-17-6-7-18-13/h6-7,9H,4-5,8,10H2,1-3H3,(H,17,18)(H,16,19,20)/t15-/m1/s1. The Morgan fingerprint density at radius 3 is 3.00 bits per heavy atom. The Balaban J connectivity index is 1.92. The normalized spacial score (nSPS) is 22.6. The third-order valence-corrected chi connectivity index (χ3v) is 4.28. The fourth-order valence-corrected chi connectivity index (χ4v) is 3.03. The highest BCUT2D eigenvalue weighted by Crippen LogP contribution is 2.37. The van der Waals surface area contributed by atoms with Crippen LogP contribution in [0.5, 0.6) is 0 Å². The molecular formula is C15H22N6. The smallest absolute Gasteiger partial charge is 0.150 e. The van der Waals surface area contributed by atoms with Crippen LogP contribution in [0.2, 0.25) is 0 Å². The fraction of sp³-hybridized carbons (Fsp3) is 0.533. The minimum Gasteiger partial charge on any atom is -0.373 e. The lowest BCUT2D eigenvalue weighted by Gasteiger charge is -2.33. The van der Waals surface area contributed by atoms with E-state index in [1.165, 1.54) is 0 Å². The maximum absolute atomic E-state index is 4.69. The lowest BCUT2D eigenvalue weighted by molar-refractivity contribution is 0.134. The van der Waals surface area contributed by atoms with Gasteiger partial charge < -0.3 is 10.3 Å². The number of likely N-dealkylation sites (tertiary alicyclic amines) is 1. The molecule has 2 aromatic rings. The van der Waals surface area contributed by atoms with Gasteiger partial charge in [0.1, 0.15) is 11.6 Å². The summed E-state index contributed by atoms with van der Waals surface area (Å²) >= 11 is 0. The summed E-state index contributed by atoms with van der Waals surface area (Å²) in [4.78, 5) is 19.3. The molecule has 3 heterocycles. The molecule has 0 aromatic carbocycles. The Hall–Kier alpha value is -1.95. The summed E-state index contributed by atoms with van der Waals surface area (Å²) < 4.78 is 0. The summed E-state index contributed by atoms with van der Waals surface area (Å²) in [6.45, 7) is 6.09. The molecule has 1 saturated heterocycles. The van der Waals surface area contributed by atoms with Crippen LogP contribution in [0.3, 0.4) is 0 Å². The van der Waals surface area contributed by atoms with E-state index < -0.39 is 0 Å². The summed E-state index contributed by atoms with van der Waals surface area (Å²) in [5.74, 6) is 2.77. The minimum absolute atomic E-state index is 0.135. The molecule has 112 valence electrons. The topological polar surface area (TPSA) is 69.7 Å². The van der Waals surface area contributed by atoms with Crippen LogP contribution < -0.4 is 5.32 Å². The number of aryl methyl sites for hydroxylation is 1. The highest BCUT2D eigenvalue weighted by Gasteiger charge is 2.41. The van der Waals surface area contributed by atoms with Crippen molar-refractivity contribution in [2.24, 2.45) is 0 Å². The quantitative estimate of drug-likeness (QED) is 0.900. The van der Waals surface area contributed by atoms with E-state index >= 15 is 0 Å². The van der Waals surface area contributed by atoms with E-state index in [1.807, 2.05) is 26.2 Å². The zero-order valence-corrected chi connectivity index (χ0v) is 12.8. The zero-order chi connectivity index (χ0) is 14.9. The van der Waals surface area contributed by atoms with Crippen LogP contribution >= 0.6 is 0 Å². The largest absolute Gasteiger partial charge is 0.373 e. The van der Waals surface area contributed by atoms with Crippen molar-refractivity contribution in [3.63, 3.8) is 0 Å². The van der Waals surface area contributed by atoms with Crippen molar-refractivity contribution in [2.45, 2.75) is 38.8 Å². The first-order chi connectivity index (χ1) is 10.1. The van der Waals surface area contributed by atoms with Gasteiger partial charge in [-0.2, -0.15) is 0 Å². The Morgan fingerprint density at radius 1 is 1.43 bits per heavy atom. The summed E-state index contributed by atoms with van der Waals surface area (Å²) in [5, 5.41) is 3.12. The number of nitrogens with one attached hydrogen (secondary N) is 2. The second-order valence-corrected chi connectivity index (χ2v) is 5.80. The first-order valence-corrected chi connectivity index (χ1v) is 7.39. The maximum Gasteiger partial charge on any atom is 0.150 e. The maximum atomic E-state index is 4.69. The summed E-state index contributed by atoms with van der Waals surface area (Å²) in [7, 11) is 1.89. The molecule has 0 bridgehead atoms. The average molecular weight is 286 g/mol. The van der Waals surface area contributed by atoms with Gasteiger partial charge in [-0.1, -0.05) is 0 Å². The zero-order valence-electron chi connectivity index (χ0n) is 12.8. The molecule has 6 nitrogen and oxygen atoms in total. The van der Waals surface area contributed by atoms with E-state index in [9.17, 15) is 0 Å². The van der Waals surface area contributed by atoms with Gasteiger partial charge in [-0.25, -0.2) is 15.0 Å². The Labute approximate surface area is 125 Å². The van der Waals surface area contributed by atoms with Gasteiger partial charge in [0.25, 0.3) is 0 Å².